The molecule has 2 N–H and O–H groups in total. The predicted molar refractivity (Wildman–Crippen MR) is 99.9 cm³/mol. The van der Waals surface area contributed by atoms with Crippen LogP contribution in [0.3, 0.4) is 0 Å². The van der Waals surface area contributed by atoms with Crippen molar-refractivity contribution in [3.63, 3.8) is 0 Å². The molecule has 1 aliphatic carbocycles. The molecule has 0 unspecified atom stereocenters. The molecule has 0 saturated heterocycles. The fourth-order valence-electron chi connectivity index (χ4n) is 3.45. The van der Waals surface area contributed by atoms with Gasteiger partial charge in [0.1, 0.15) is 19.0 Å². The first-order chi connectivity index (χ1) is 14.6. The topological polar surface area (TPSA) is 93.5 Å². The van der Waals surface area contributed by atoms with Gasteiger partial charge in [0, 0.05) is 17.7 Å². The van der Waals surface area contributed by atoms with Gasteiger partial charge in [-0.05, 0) is 18.9 Å². The van der Waals surface area contributed by atoms with Crippen LogP contribution in [0.1, 0.15) is 53.7 Å². The number of ether oxygens (including phenoxy) is 1. The number of rotatable bonds is 7. The van der Waals surface area contributed by atoms with Crippen molar-refractivity contribution in [3.8, 4) is 5.88 Å². The zero-order valence-corrected chi connectivity index (χ0v) is 16.4. The van der Waals surface area contributed by atoms with Gasteiger partial charge in [-0.3, -0.25) is 4.79 Å². The fraction of sp³-hybridized carbons (Fsp3) is 0.450. The number of halogens is 4. The van der Waals surface area contributed by atoms with Gasteiger partial charge in [-0.2, -0.15) is 18.3 Å². The number of aromatic nitrogens is 2. The first-order valence-corrected chi connectivity index (χ1v) is 9.73. The average Bonchev–Trinajstić information content (AvgIpc) is 3.10. The lowest BCUT2D eigenvalue weighted by atomic mass is 9.95. The Labute approximate surface area is 175 Å². The molecule has 168 valence electrons. The van der Waals surface area contributed by atoms with Crippen LogP contribution < -0.4 is 10.1 Å². The Hall–Kier alpha value is -3.11. The van der Waals surface area contributed by atoms with Gasteiger partial charge in [-0.1, -0.05) is 31.4 Å². The number of carbonyl (C=O) groups is 2. The molecule has 0 spiro atoms. The highest BCUT2D eigenvalue weighted by Crippen LogP contribution is 2.32. The summed E-state index contributed by atoms with van der Waals surface area (Å²) in [5.41, 5.74) is -2.21. The number of nitrogens with zero attached hydrogens (tertiary/aromatic N) is 2. The van der Waals surface area contributed by atoms with E-state index in [1.54, 1.807) is 0 Å². The third-order valence-corrected chi connectivity index (χ3v) is 4.99. The number of alkyl halides is 3. The third-order valence-electron chi connectivity index (χ3n) is 4.99. The molecule has 11 heteroatoms. The molecule has 31 heavy (non-hydrogen) atoms. The smallest absolute Gasteiger partial charge is 0.419 e. The lowest BCUT2D eigenvalue weighted by Crippen LogP contribution is -2.38. The molecule has 1 saturated carbocycles. The van der Waals surface area contributed by atoms with E-state index in [9.17, 15) is 27.2 Å². The van der Waals surface area contributed by atoms with Crippen LogP contribution >= 0.6 is 0 Å². The van der Waals surface area contributed by atoms with Crippen molar-refractivity contribution >= 4 is 11.9 Å². The zero-order chi connectivity index (χ0) is 22.6. The highest BCUT2D eigenvalue weighted by molar-refractivity contribution is 5.85. The molecule has 1 heterocycles. The number of carbonyl (C=O) groups excluding carboxylic acids is 1. The SMILES string of the molecule is O=C(Cn1nc(C(=O)O)cc1OCc1cccc(C(F)(F)F)c1F)NC1CCCCC1. The highest BCUT2D eigenvalue weighted by atomic mass is 19.4. The normalized spacial score (nSPS) is 15.0. The van der Waals surface area contributed by atoms with Gasteiger partial charge in [-0.15, -0.1) is 0 Å². The van der Waals surface area contributed by atoms with E-state index in [1.807, 2.05) is 0 Å². The number of carboxylic acids is 1. The van der Waals surface area contributed by atoms with E-state index >= 15 is 0 Å². The predicted octanol–water partition coefficient (Wildman–Crippen LogP) is 3.77. The maximum Gasteiger partial charge on any atom is 0.419 e. The van der Waals surface area contributed by atoms with Crippen LogP contribution in [0.5, 0.6) is 5.88 Å². The van der Waals surface area contributed by atoms with Gasteiger partial charge in [0.2, 0.25) is 11.8 Å². The van der Waals surface area contributed by atoms with Gasteiger partial charge in [0.15, 0.2) is 5.69 Å². The van der Waals surface area contributed by atoms with Gasteiger partial charge in [0.05, 0.1) is 5.56 Å². The third kappa shape index (κ3) is 5.74. The molecule has 1 aromatic heterocycles. The van der Waals surface area contributed by atoms with Crippen molar-refractivity contribution in [2.75, 3.05) is 0 Å². The number of aromatic carboxylic acids is 1. The monoisotopic (exact) mass is 443 g/mol. The molecule has 1 aliphatic rings. The summed E-state index contributed by atoms with van der Waals surface area (Å²) in [4.78, 5) is 23.6. The van der Waals surface area contributed by atoms with Crippen molar-refractivity contribution in [2.24, 2.45) is 0 Å². The van der Waals surface area contributed by atoms with Gasteiger partial charge in [0.25, 0.3) is 0 Å². The molecule has 2 aromatic rings. The molecule has 0 atom stereocenters. The summed E-state index contributed by atoms with van der Waals surface area (Å²) in [6.07, 6.45) is -0.0421. The number of hydrogen-bond acceptors (Lipinski definition) is 4. The minimum absolute atomic E-state index is 0.0272. The highest BCUT2D eigenvalue weighted by Gasteiger charge is 2.34. The van der Waals surface area contributed by atoms with Crippen LogP contribution in [0.15, 0.2) is 24.3 Å². The summed E-state index contributed by atoms with van der Waals surface area (Å²) in [7, 11) is 0. The molecule has 0 radical (unpaired) electrons. The number of nitrogens with one attached hydrogen (secondary N) is 1. The van der Waals surface area contributed by atoms with Crippen LogP contribution in [-0.2, 0) is 24.1 Å². The Morgan fingerprint density at radius 2 is 1.94 bits per heavy atom. The molecule has 3 rings (SSSR count). The molecular formula is C20H21F4N3O4. The lowest BCUT2D eigenvalue weighted by Gasteiger charge is -2.22. The van der Waals surface area contributed by atoms with Crippen LogP contribution in [0, 0.1) is 5.82 Å². The van der Waals surface area contributed by atoms with Crippen LogP contribution in [0.25, 0.3) is 0 Å². The zero-order valence-electron chi connectivity index (χ0n) is 16.4. The number of amides is 1. The average molecular weight is 443 g/mol. The summed E-state index contributed by atoms with van der Waals surface area (Å²) in [6.45, 7) is -0.949. The Morgan fingerprint density at radius 3 is 2.58 bits per heavy atom. The second-order valence-corrected chi connectivity index (χ2v) is 7.30. The van der Waals surface area contributed by atoms with E-state index in [-0.39, 0.29) is 24.0 Å². The molecular weight excluding hydrogens is 422 g/mol. The number of benzene rings is 1. The quantitative estimate of drug-likeness (QED) is 0.636. The Balaban J connectivity index is 1.74. The largest absolute Gasteiger partial charge is 0.476 e. The molecule has 1 fully saturated rings. The Morgan fingerprint density at radius 1 is 1.23 bits per heavy atom. The molecule has 0 aliphatic heterocycles. The number of hydrogen-bond donors (Lipinski definition) is 2. The maximum atomic E-state index is 14.2. The van der Waals surface area contributed by atoms with E-state index < -0.39 is 41.7 Å². The summed E-state index contributed by atoms with van der Waals surface area (Å²) in [6, 6.07) is 3.84. The summed E-state index contributed by atoms with van der Waals surface area (Å²) in [5.74, 6) is -3.42. The van der Waals surface area contributed by atoms with Crippen molar-refractivity contribution in [2.45, 2.75) is 57.5 Å². The second-order valence-electron chi connectivity index (χ2n) is 7.30. The first-order valence-electron chi connectivity index (χ1n) is 9.73. The van der Waals surface area contributed by atoms with Crippen molar-refractivity contribution in [3.05, 3.63) is 46.9 Å². The fourth-order valence-corrected chi connectivity index (χ4v) is 3.45. The van der Waals surface area contributed by atoms with Crippen molar-refractivity contribution in [1.29, 1.82) is 0 Å². The first kappa shape index (κ1) is 22.6. The van der Waals surface area contributed by atoms with Gasteiger partial charge < -0.3 is 15.2 Å². The molecule has 7 nitrogen and oxygen atoms in total. The standard InChI is InChI=1S/C20H21F4N3O4/c21-18-12(5-4-8-14(18)20(22,23)24)11-31-17-9-15(19(29)30)26-27(17)10-16(28)25-13-6-2-1-3-7-13/h4-5,8-9,13H,1-3,6-7,10-11H2,(H,25,28)(H,29,30). The lowest BCUT2D eigenvalue weighted by molar-refractivity contribution is -0.140. The summed E-state index contributed by atoms with van der Waals surface area (Å²) >= 11 is 0. The summed E-state index contributed by atoms with van der Waals surface area (Å²) < 4.78 is 59.2. The van der Waals surface area contributed by atoms with E-state index in [4.69, 9.17) is 9.84 Å². The van der Waals surface area contributed by atoms with Crippen LogP contribution in [0.2, 0.25) is 0 Å². The van der Waals surface area contributed by atoms with Crippen molar-refractivity contribution < 1.29 is 37.0 Å². The number of carboxylic acid groups (broad SMARTS) is 1. The summed E-state index contributed by atoms with van der Waals surface area (Å²) in [5, 5.41) is 15.8. The minimum atomic E-state index is -4.87. The molecule has 1 aromatic carbocycles. The van der Waals surface area contributed by atoms with E-state index in [0.717, 1.165) is 55.0 Å². The van der Waals surface area contributed by atoms with Crippen LogP contribution in [-0.4, -0.2) is 32.8 Å². The van der Waals surface area contributed by atoms with Gasteiger partial charge in [-0.25, -0.2) is 13.9 Å². The van der Waals surface area contributed by atoms with E-state index in [1.165, 1.54) is 0 Å². The van der Waals surface area contributed by atoms with Crippen LogP contribution in [0.4, 0.5) is 17.6 Å². The Kier molecular flexibility index (Phi) is 6.81. The minimum Gasteiger partial charge on any atom is -0.476 e. The molecule has 1 amide bonds. The Bertz CT molecular complexity index is 952. The van der Waals surface area contributed by atoms with E-state index in [2.05, 4.69) is 10.4 Å². The van der Waals surface area contributed by atoms with Gasteiger partial charge >= 0.3 is 12.1 Å². The van der Waals surface area contributed by atoms with E-state index in [0.29, 0.717) is 6.07 Å². The maximum absolute atomic E-state index is 14.2. The molecule has 0 bridgehead atoms. The van der Waals surface area contributed by atoms with Crippen molar-refractivity contribution in [1.82, 2.24) is 15.1 Å². The second kappa shape index (κ2) is 9.36.